The van der Waals surface area contributed by atoms with Crippen molar-refractivity contribution in [3.8, 4) is 0 Å². The van der Waals surface area contributed by atoms with E-state index >= 15 is 0 Å². The van der Waals surface area contributed by atoms with E-state index in [-0.39, 0.29) is 0 Å². The van der Waals surface area contributed by atoms with Gasteiger partial charge in [-0.3, -0.25) is 0 Å². The molecule has 0 rings (SSSR count). The van der Waals surface area contributed by atoms with Crippen molar-refractivity contribution >= 4 is 29.2 Å². The molecule has 0 heterocycles. The first-order chi connectivity index (χ1) is 5.70. The van der Waals surface area contributed by atoms with Crippen LogP contribution in [0.25, 0.3) is 0 Å². The molecule has 0 amide bonds. The molecule has 0 saturated heterocycles. The van der Waals surface area contributed by atoms with Crippen LogP contribution < -0.4 is 5.32 Å². The van der Waals surface area contributed by atoms with Crippen molar-refractivity contribution in [2.45, 2.75) is 52.0 Å². The van der Waals surface area contributed by atoms with E-state index in [2.05, 4.69) is 31.8 Å². The van der Waals surface area contributed by atoms with E-state index < -0.39 is 0 Å². The van der Waals surface area contributed by atoms with Gasteiger partial charge in [0.25, 0.3) is 0 Å². The second-order valence-electron chi connectivity index (χ2n) is 3.05. The van der Waals surface area contributed by atoms with Crippen LogP contribution in [0.2, 0.25) is 0 Å². The Morgan fingerprint density at radius 1 is 1.42 bits per heavy atom. The van der Waals surface area contributed by atoms with E-state index in [1.807, 2.05) is 0 Å². The van der Waals surface area contributed by atoms with Crippen LogP contribution in [0.15, 0.2) is 0 Å². The smallest absolute Gasteiger partial charge is 0.130 e. The van der Waals surface area contributed by atoms with Crippen molar-refractivity contribution in [3.05, 3.63) is 0 Å². The van der Waals surface area contributed by atoms with Crippen LogP contribution in [-0.4, -0.2) is 10.4 Å². The van der Waals surface area contributed by atoms with Crippen molar-refractivity contribution in [2.24, 2.45) is 0 Å². The van der Waals surface area contributed by atoms with Gasteiger partial charge in [-0.25, -0.2) is 0 Å². The molecule has 0 aromatic heterocycles. The monoisotopic (exact) mass is 205 g/mol. The summed E-state index contributed by atoms with van der Waals surface area (Å²) < 4.78 is 0.623. The van der Waals surface area contributed by atoms with Crippen molar-refractivity contribution < 1.29 is 0 Å². The van der Waals surface area contributed by atoms with Crippen molar-refractivity contribution in [1.82, 2.24) is 5.32 Å². The first-order valence-corrected chi connectivity index (χ1v) is 5.55. The Morgan fingerprint density at radius 2 is 2.08 bits per heavy atom. The highest BCUT2D eigenvalue weighted by Gasteiger charge is 2.04. The van der Waals surface area contributed by atoms with Crippen molar-refractivity contribution in [3.63, 3.8) is 0 Å². The molecule has 1 N–H and O–H groups in total. The minimum Gasteiger partial charge on any atom is -0.368 e. The van der Waals surface area contributed by atoms with Gasteiger partial charge in [0.2, 0.25) is 0 Å². The number of unbranched alkanes of at least 4 members (excludes halogenated alkanes) is 2. The molecule has 3 heteroatoms. The maximum atomic E-state index is 4.87. The van der Waals surface area contributed by atoms with Gasteiger partial charge in [0.1, 0.15) is 4.32 Å². The Bertz CT molecular complexity index is 126. The molecule has 0 fully saturated rings. The average Bonchev–Trinajstić information content (AvgIpc) is 2.02. The fourth-order valence-electron chi connectivity index (χ4n) is 1.19. The molecule has 0 aromatic carbocycles. The van der Waals surface area contributed by atoms with Gasteiger partial charge in [0, 0.05) is 6.04 Å². The molecular weight excluding hydrogens is 186 g/mol. The summed E-state index contributed by atoms with van der Waals surface area (Å²) in [6.45, 7) is 4.40. The fraction of sp³-hybridized carbons (Fsp3) is 0.889. The average molecular weight is 205 g/mol. The molecular formula is C9H19NS2. The summed E-state index contributed by atoms with van der Waals surface area (Å²) >= 11 is 8.93. The van der Waals surface area contributed by atoms with Gasteiger partial charge in [-0.1, -0.05) is 45.3 Å². The molecule has 1 atom stereocenters. The quantitative estimate of drug-likeness (QED) is 0.392. The fourth-order valence-corrected chi connectivity index (χ4v) is 1.54. The van der Waals surface area contributed by atoms with Crippen LogP contribution in [0, 0.1) is 0 Å². The third kappa shape index (κ3) is 6.92. The van der Waals surface area contributed by atoms with Gasteiger partial charge in [0.15, 0.2) is 0 Å². The van der Waals surface area contributed by atoms with E-state index in [0.717, 1.165) is 6.42 Å². The van der Waals surface area contributed by atoms with Crippen LogP contribution in [-0.2, 0) is 0 Å². The van der Waals surface area contributed by atoms with Crippen molar-refractivity contribution in [1.29, 1.82) is 0 Å². The van der Waals surface area contributed by atoms with Crippen LogP contribution in [0.1, 0.15) is 46.0 Å². The van der Waals surface area contributed by atoms with Crippen LogP contribution >= 0.6 is 24.8 Å². The summed E-state index contributed by atoms with van der Waals surface area (Å²) in [5, 5.41) is 3.18. The second-order valence-corrected chi connectivity index (χ2v) is 4.21. The molecule has 0 aliphatic carbocycles. The molecule has 72 valence electrons. The predicted molar refractivity (Wildman–Crippen MR) is 62.9 cm³/mol. The largest absolute Gasteiger partial charge is 0.368 e. The van der Waals surface area contributed by atoms with Crippen molar-refractivity contribution in [2.75, 3.05) is 0 Å². The number of nitrogens with one attached hydrogen (secondary N) is 1. The molecule has 1 nitrogen and oxygen atoms in total. The number of thiol groups is 1. The lowest BCUT2D eigenvalue weighted by molar-refractivity contribution is 0.513. The molecule has 1 unspecified atom stereocenters. The van der Waals surface area contributed by atoms with E-state index in [4.69, 9.17) is 12.2 Å². The molecule has 0 saturated carbocycles. The Balaban J connectivity index is 3.46. The highest BCUT2D eigenvalue weighted by atomic mass is 32.1. The summed E-state index contributed by atoms with van der Waals surface area (Å²) in [6, 6.07) is 0.529. The minimum absolute atomic E-state index is 0.529. The zero-order chi connectivity index (χ0) is 9.40. The van der Waals surface area contributed by atoms with Gasteiger partial charge >= 0.3 is 0 Å². The summed E-state index contributed by atoms with van der Waals surface area (Å²) in [5.41, 5.74) is 0. The Labute approximate surface area is 86.7 Å². The second kappa shape index (κ2) is 7.87. The molecule has 0 spiro atoms. The lowest BCUT2D eigenvalue weighted by atomic mass is 10.1. The van der Waals surface area contributed by atoms with E-state index in [1.54, 1.807) is 0 Å². The Morgan fingerprint density at radius 3 is 2.50 bits per heavy atom. The standard InChI is InChI=1S/C9H19NS2/c1-3-5-6-7-8(4-2)10-9(11)12/h8H,3-7H2,1-2H3,(H2,10,11,12). The molecule has 0 radical (unpaired) electrons. The van der Waals surface area contributed by atoms with Crippen LogP contribution in [0.4, 0.5) is 0 Å². The van der Waals surface area contributed by atoms with Gasteiger partial charge < -0.3 is 5.32 Å². The van der Waals surface area contributed by atoms with Crippen LogP contribution in [0.3, 0.4) is 0 Å². The van der Waals surface area contributed by atoms with Gasteiger partial charge in [-0.2, -0.15) is 0 Å². The van der Waals surface area contributed by atoms with Crippen LogP contribution in [0.5, 0.6) is 0 Å². The molecule has 0 aromatic rings. The summed E-state index contributed by atoms with van der Waals surface area (Å²) in [5.74, 6) is 0. The third-order valence-electron chi connectivity index (χ3n) is 1.98. The van der Waals surface area contributed by atoms with Gasteiger partial charge in [0.05, 0.1) is 0 Å². The number of rotatable bonds is 6. The summed E-state index contributed by atoms with van der Waals surface area (Å²) in [6.07, 6.45) is 6.23. The lowest BCUT2D eigenvalue weighted by Crippen LogP contribution is -2.30. The normalized spacial score (nSPS) is 12.6. The first kappa shape index (κ1) is 12.2. The predicted octanol–water partition coefficient (Wildman–Crippen LogP) is 3.15. The zero-order valence-corrected chi connectivity index (χ0v) is 9.68. The Hall–Kier alpha value is 0.240. The van der Waals surface area contributed by atoms with E-state index in [9.17, 15) is 0 Å². The third-order valence-corrected chi connectivity index (χ3v) is 2.22. The minimum atomic E-state index is 0.529. The first-order valence-electron chi connectivity index (χ1n) is 4.70. The molecule has 0 aliphatic rings. The highest BCUT2D eigenvalue weighted by Crippen LogP contribution is 2.06. The maximum Gasteiger partial charge on any atom is 0.130 e. The zero-order valence-electron chi connectivity index (χ0n) is 7.97. The number of thiocarbonyl (C=S) groups is 1. The van der Waals surface area contributed by atoms with E-state index in [1.165, 1.54) is 25.7 Å². The number of hydrogen-bond acceptors (Lipinski definition) is 1. The Kier molecular flexibility index (Phi) is 8.02. The lowest BCUT2D eigenvalue weighted by Gasteiger charge is -2.15. The number of hydrogen-bond donors (Lipinski definition) is 2. The SMILES string of the molecule is CCCCCC(CC)NC(=S)S. The molecule has 0 bridgehead atoms. The maximum absolute atomic E-state index is 4.87. The summed E-state index contributed by atoms with van der Waals surface area (Å²) in [4.78, 5) is 0. The molecule has 0 aliphatic heterocycles. The van der Waals surface area contributed by atoms with Gasteiger partial charge in [-0.05, 0) is 12.8 Å². The topological polar surface area (TPSA) is 12.0 Å². The summed E-state index contributed by atoms with van der Waals surface area (Å²) in [7, 11) is 0. The van der Waals surface area contributed by atoms with E-state index in [0.29, 0.717) is 10.4 Å². The molecule has 12 heavy (non-hydrogen) atoms. The highest BCUT2D eigenvalue weighted by molar-refractivity contribution is 8.11. The van der Waals surface area contributed by atoms with Gasteiger partial charge in [-0.15, -0.1) is 12.6 Å².